The number of nitrogens with zero attached hydrogens (tertiary/aromatic N) is 1. The summed E-state index contributed by atoms with van der Waals surface area (Å²) in [6.07, 6.45) is 4.03. The van der Waals surface area contributed by atoms with Crippen molar-refractivity contribution in [3.63, 3.8) is 0 Å². The van der Waals surface area contributed by atoms with Gasteiger partial charge in [0.15, 0.2) is 0 Å². The highest BCUT2D eigenvalue weighted by atomic mass is 79.9. The highest BCUT2D eigenvalue weighted by Gasteiger charge is 2.29. The lowest BCUT2D eigenvalue weighted by atomic mass is 10.2. The van der Waals surface area contributed by atoms with Gasteiger partial charge in [-0.3, -0.25) is 0 Å². The molecule has 1 heterocycles. The smallest absolute Gasteiger partial charge is 0.0511 e. The molecule has 0 aromatic heterocycles. The molecule has 0 radical (unpaired) electrons. The quantitative estimate of drug-likeness (QED) is 0.922. The molecule has 0 amide bonds. The van der Waals surface area contributed by atoms with Crippen molar-refractivity contribution in [1.29, 1.82) is 0 Å². The minimum Gasteiger partial charge on any atom is -0.369 e. The highest BCUT2D eigenvalue weighted by molar-refractivity contribution is 9.10. The van der Waals surface area contributed by atoms with Gasteiger partial charge in [0.2, 0.25) is 0 Å². The molecule has 1 aliphatic carbocycles. The molecule has 1 saturated heterocycles. The molecular weight excluding hydrogens is 276 g/mol. The van der Waals surface area contributed by atoms with Crippen LogP contribution in [0.5, 0.6) is 0 Å². The number of halogens is 1. The van der Waals surface area contributed by atoms with Crippen LogP contribution in [0.3, 0.4) is 0 Å². The zero-order valence-corrected chi connectivity index (χ0v) is 11.8. The summed E-state index contributed by atoms with van der Waals surface area (Å²) in [5.74, 6) is 0. The summed E-state index contributed by atoms with van der Waals surface area (Å²) in [5, 5.41) is 3.73. The molecule has 3 rings (SSSR count). The second-order valence-corrected chi connectivity index (χ2v) is 6.18. The normalized spacial score (nSPS) is 24.4. The van der Waals surface area contributed by atoms with E-state index in [-0.39, 0.29) is 0 Å². The molecule has 0 spiro atoms. The predicted octanol–water partition coefficient (Wildman–Crippen LogP) is 3.09. The molecule has 92 valence electrons. The topological polar surface area (TPSA) is 15.3 Å². The third-order valence-electron chi connectivity index (χ3n) is 3.68. The van der Waals surface area contributed by atoms with Crippen LogP contribution in [-0.2, 0) is 0 Å². The summed E-state index contributed by atoms with van der Waals surface area (Å²) in [6.45, 7) is 4.46. The third kappa shape index (κ3) is 2.66. The maximum Gasteiger partial charge on any atom is 0.0511 e. The Morgan fingerprint density at radius 1 is 1.24 bits per heavy atom. The monoisotopic (exact) mass is 294 g/mol. The minimum atomic E-state index is 0.690. The lowest BCUT2D eigenvalue weighted by Crippen LogP contribution is -2.34. The molecule has 3 heteroatoms. The number of aryl methyl sites for hydroxylation is 1. The van der Waals surface area contributed by atoms with Crippen molar-refractivity contribution in [2.45, 2.75) is 38.3 Å². The van der Waals surface area contributed by atoms with Gasteiger partial charge >= 0.3 is 0 Å². The summed E-state index contributed by atoms with van der Waals surface area (Å²) in [7, 11) is 0. The van der Waals surface area contributed by atoms with Crippen LogP contribution in [0.2, 0.25) is 0 Å². The number of rotatable bonds is 3. The average molecular weight is 295 g/mol. The van der Waals surface area contributed by atoms with E-state index in [1.165, 1.54) is 41.5 Å². The van der Waals surface area contributed by atoms with Crippen molar-refractivity contribution in [2.75, 3.05) is 18.0 Å². The standard InChI is InChI=1S/C14H19BrN2/c1-10-2-5-14(13(15)8-10)17-7-6-12(9-17)16-11-3-4-11/h2,5,8,11-12,16H,3-4,6-7,9H2,1H3. The molecule has 1 saturated carbocycles. The molecule has 1 aromatic rings. The molecule has 0 bridgehead atoms. The predicted molar refractivity (Wildman–Crippen MR) is 75.7 cm³/mol. The van der Waals surface area contributed by atoms with Crippen molar-refractivity contribution >= 4 is 21.6 Å². The van der Waals surface area contributed by atoms with E-state index in [0.717, 1.165) is 12.6 Å². The number of hydrogen-bond donors (Lipinski definition) is 1. The zero-order chi connectivity index (χ0) is 11.8. The van der Waals surface area contributed by atoms with E-state index in [4.69, 9.17) is 0 Å². The van der Waals surface area contributed by atoms with Gasteiger partial charge in [0.1, 0.15) is 0 Å². The van der Waals surface area contributed by atoms with Gasteiger partial charge in [-0.15, -0.1) is 0 Å². The number of benzene rings is 1. The van der Waals surface area contributed by atoms with Gasteiger partial charge < -0.3 is 10.2 Å². The SMILES string of the molecule is Cc1ccc(N2CCC(NC3CC3)C2)c(Br)c1. The van der Waals surface area contributed by atoms with E-state index in [1.54, 1.807) is 0 Å². The Labute approximate surface area is 112 Å². The van der Waals surface area contributed by atoms with Gasteiger partial charge in [-0.05, 0) is 59.8 Å². The van der Waals surface area contributed by atoms with Crippen LogP contribution in [-0.4, -0.2) is 25.2 Å². The van der Waals surface area contributed by atoms with Crippen LogP contribution in [0.1, 0.15) is 24.8 Å². The largest absolute Gasteiger partial charge is 0.369 e. The lowest BCUT2D eigenvalue weighted by molar-refractivity contribution is 0.548. The molecular formula is C14H19BrN2. The second-order valence-electron chi connectivity index (χ2n) is 5.33. The van der Waals surface area contributed by atoms with Gasteiger partial charge in [0.25, 0.3) is 0 Å². The van der Waals surface area contributed by atoms with Crippen molar-refractivity contribution in [3.05, 3.63) is 28.2 Å². The fraction of sp³-hybridized carbons (Fsp3) is 0.571. The Hall–Kier alpha value is -0.540. The average Bonchev–Trinajstić information content (AvgIpc) is 2.96. The first kappa shape index (κ1) is 11.5. The molecule has 2 fully saturated rings. The van der Waals surface area contributed by atoms with E-state index >= 15 is 0 Å². The van der Waals surface area contributed by atoms with Crippen LogP contribution in [0.25, 0.3) is 0 Å². The first-order chi connectivity index (χ1) is 8.22. The van der Waals surface area contributed by atoms with Crippen LogP contribution < -0.4 is 10.2 Å². The van der Waals surface area contributed by atoms with Crippen LogP contribution >= 0.6 is 15.9 Å². The maximum absolute atomic E-state index is 3.73. The van der Waals surface area contributed by atoms with E-state index in [1.807, 2.05) is 0 Å². The van der Waals surface area contributed by atoms with E-state index < -0.39 is 0 Å². The molecule has 17 heavy (non-hydrogen) atoms. The summed E-state index contributed by atoms with van der Waals surface area (Å²) < 4.78 is 1.23. The summed E-state index contributed by atoms with van der Waals surface area (Å²) in [4.78, 5) is 2.49. The molecule has 1 atom stereocenters. The zero-order valence-electron chi connectivity index (χ0n) is 10.2. The number of anilines is 1. The van der Waals surface area contributed by atoms with Crippen molar-refractivity contribution in [3.8, 4) is 0 Å². The number of hydrogen-bond acceptors (Lipinski definition) is 2. The molecule has 2 nitrogen and oxygen atoms in total. The fourth-order valence-corrected chi connectivity index (χ4v) is 3.31. The Morgan fingerprint density at radius 2 is 2.06 bits per heavy atom. The summed E-state index contributed by atoms with van der Waals surface area (Å²) in [5.41, 5.74) is 2.66. The Kier molecular flexibility index (Phi) is 3.14. The summed E-state index contributed by atoms with van der Waals surface area (Å²) in [6, 6.07) is 8.15. The van der Waals surface area contributed by atoms with E-state index in [2.05, 4.69) is 51.3 Å². The first-order valence-corrected chi connectivity index (χ1v) is 7.29. The minimum absolute atomic E-state index is 0.690. The van der Waals surface area contributed by atoms with Crippen LogP contribution in [0.15, 0.2) is 22.7 Å². The van der Waals surface area contributed by atoms with Gasteiger partial charge in [0.05, 0.1) is 5.69 Å². The van der Waals surface area contributed by atoms with E-state index in [0.29, 0.717) is 6.04 Å². The van der Waals surface area contributed by atoms with Crippen molar-refractivity contribution in [2.24, 2.45) is 0 Å². The van der Waals surface area contributed by atoms with Gasteiger partial charge in [0, 0.05) is 29.6 Å². The molecule has 1 aromatic carbocycles. The Morgan fingerprint density at radius 3 is 2.76 bits per heavy atom. The first-order valence-electron chi connectivity index (χ1n) is 6.49. The molecule has 2 aliphatic rings. The van der Waals surface area contributed by atoms with Gasteiger partial charge in [-0.25, -0.2) is 0 Å². The number of nitrogens with one attached hydrogen (secondary N) is 1. The lowest BCUT2D eigenvalue weighted by Gasteiger charge is -2.21. The van der Waals surface area contributed by atoms with Gasteiger partial charge in [-0.2, -0.15) is 0 Å². The summed E-state index contributed by atoms with van der Waals surface area (Å²) >= 11 is 3.68. The Bertz CT molecular complexity index is 415. The molecule has 1 aliphatic heterocycles. The Balaban J connectivity index is 1.68. The van der Waals surface area contributed by atoms with Crippen molar-refractivity contribution < 1.29 is 0 Å². The highest BCUT2D eigenvalue weighted by Crippen LogP contribution is 2.30. The van der Waals surface area contributed by atoms with Crippen LogP contribution in [0.4, 0.5) is 5.69 Å². The fourth-order valence-electron chi connectivity index (χ4n) is 2.57. The molecule has 1 N–H and O–H groups in total. The van der Waals surface area contributed by atoms with Crippen molar-refractivity contribution in [1.82, 2.24) is 5.32 Å². The molecule has 1 unspecified atom stereocenters. The second kappa shape index (κ2) is 4.62. The third-order valence-corrected chi connectivity index (χ3v) is 4.32. The maximum atomic E-state index is 3.73. The van der Waals surface area contributed by atoms with Gasteiger partial charge in [-0.1, -0.05) is 6.07 Å². The van der Waals surface area contributed by atoms with E-state index in [9.17, 15) is 0 Å². The van der Waals surface area contributed by atoms with Crippen LogP contribution in [0, 0.1) is 6.92 Å².